The molecule has 0 aromatic carbocycles. The summed E-state index contributed by atoms with van der Waals surface area (Å²) in [6, 6.07) is 0. The Morgan fingerprint density at radius 1 is 0.288 bits per heavy atom. The Kier molecular flexibility index (Phi) is 53.7. The normalized spacial score (nSPS) is 12.1. The number of esters is 3. The summed E-state index contributed by atoms with van der Waals surface area (Å²) in [5.41, 5.74) is 0. The van der Waals surface area contributed by atoms with Crippen LogP contribution in [-0.2, 0) is 28.6 Å². The van der Waals surface area contributed by atoms with Crippen molar-refractivity contribution in [2.75, 3.05) is 13.2 Å². The summed E-state index contributed by atoms with van der Waals surface area (Å²) in [6.45, 7) is 6.64. The van der Waals surface area contributed by atoms with Gasteiger partial charge in [-0.2, -0.15) is 0 Å². The zero-order chi connectivity index (χ0) is 47.9. The molecule has 0 rings (SSSR count). The van der Waals surface area contributed by atoms with Crippen LogP contribution in [0.2, 0.25) is 0 Å². The van der Waals surface area contributed by atoms with Gasteiger partial charge in [-0.15, -0.1) is 0 Å². The van der Waals surface area contributed by atoms with E-state index in [1.807, 2.05) is 0 Å². The fraction of sp³-hybridized carbons (Fsp3) is 0.883. The summed E-state index contributed by atoms with van der Waals surface area (Å²) in [6.07, 6.45) is 64.7. The van der Waals surface area contributed by atoms with Gasteiger partial charge in [-0.3, -0.25) is 14.4 Å². The molecule has 0 saturated heterocycles. The van der Waals surface area contributed by atoms with E-state index in [-0.39, 0.29) is 31.1 Å². The topological polar surface area (TPSA) is 78.9 Å². The van der Waals surface area contributed by atoms with Gasteiger partial charge in [0.25, 0.3) is 0 Å². The van der Waals surface area contributed by atoms with Crippen molar-refractivity contribution in [2.24, 2.45) is 0 Å². The first-order valence-electron chi connectivity index (χ1n) is 29.3. The lowest BCUT2D eigenvalue weighted by atomic mass is 10.0. The van der Waals surface area contributed by atoms with Crippen molar-refractivity contribution >= 4 is 17.9 Å². The van der Waals surface area contributed by atoms with Crippen LogP contribution in [0.3, 0.4) is 0 Å². The fourth-order valence-corrected chi connectivity index (χ4v) is 8.73. The van der Waals surface area contributed by atoms with Gasteiger partial charge in [-0.05, 0) is 70.6 Å². The van der Waals surface area contributed by atoms with Crippen LogP contribution in [0.1, 0.15) is 323 Å². The molecule has 0 aliphatic carbocycles. The Morgan fingerprint density at radius 3 is 0.788 bits per heavy atom. The standard InChI is InChI=1S/C60H112O6/c1-4-7-10-13-16-19-22-24-25-26-27-28-29-30-31-32-33-34-35-36-39-41-44-47-50-53-59(62)65-56-57(55-64-58(61)52-49-46-43-40-37-21-18-15-12-9-6-3)66-60(63)54-51-48-45-42-38-23-20-17-14-11-8-5-2/h17,20,26-27,57H,4-16,18-19,21-25,28-56H2,1-3H3/b20-17-,27-26-. The van der Waals surface area contributed by atoms with Gasteiger partial charge in [0.1, 0.15) is 13.2 Å². The second-order valence-electron chi connectivity index (χ2n) is 19.9. The molecule has 0 N–H and O–H groups in total. The van der Waals surface area contributed by atoms with E-state index >= 15 is 0 Å². The van der Waals surface area contributed by atoms with Crippen LogP contribution in [0.25, 0.3) is 0 Å². The van der Waals surface area contributed by atoms with Gasteiger partial charge in [0.05, 0.1) is 0 Å². The molecular weight excluding hydrogens is 817 g/mol. The lowest BCUT2D eigenvalue weighted by Crippen LogP contribution is -2.30. The van der Waals surface area contributed by atoms with Crippen LogP contribution in [0.5, 0.6) is 0 Å². The molecule has 1 atom stereocenters. The van der Waals surface area contributed by atoms with Crippen molar-refractivity contribution in [3.63, 3.8) is 0 Å². The van der Waals surface area contributed by atoms with Gasteiger partial charge >= 0.3 is 17.9 Å². The summed E-state index contributed by atoms with van der Waals surface area (Å²) in [4.78, 5) is 38.0. The number of allylic oxidation sites excluding steroid dienone is 4. The van der Waals surface area contributed by atoms with Gasteiger partial charge in [-0.25, -0.2) is 0 Å². The predicted molar refractivity (Wildman–Crippen MR) is 284 cm³/mol. The van der Waals surface area contributed by atoms with Gasteiger partial charge in [0.2, 0.25) is 0 Å². The third-order valence-corrected chi connectivity index (χ3v) is 13.2. The molecular formula is C60H112O6. The summed E-state index contributed by atoms with van der Waals surface area (Å²) < 4.78 is 16.8. The molecule has 66 heavy (non-hydrogen) atoms. The van der Waals surface area contributed by atoms with Crippen molar-refractivity contribution in [3.05, 3.63) is 24.3 Å². The number of hydrogen-bond acceptors (Lipinski definition) is 6. The maximum absolute atomic E-state index is 12.8. The first-order valence-corrected chi connectivity index (χ1v) is 29.3. The minimum Gasteiger partial charge on any atom is -0.462 e. The van der Waals surface area contributed by atoms with Crippen LogP contribution in [0.15, 0.2) is 24.3 Å². The monoisotopic (exact) mass is 929 g/mol. The number of rotatable bonds is 54. The first-order chi connectivity index (χ1) is 32.5. The Hall–Kier alpha value is -2.11. The van der Waals surface area contributed by atoms with Crippen molar-refractivity contribution < 1.29 is 28.6 Å². The maximum Gasteiger partial charge on any atom is 0.306 e. The second kappa shape index (κ2) is 55.5. The molecule has 0 aliphatic rings. The SMILES string of the molecule is CCCCC/C=C\CCCCCCCC(=O)OC(COC(=O)CCCCCCCCCCCCC)COC(=O)CCCCCCCCCCCCCCC/C=C\CCCCCCCCCC. The maximum atomic E-state index is 12.8. The predicted octanol–water partition coefficient (Wildman–Crippen LogP) is 19.5. The highest BCUT2D eigenvalue weighted by Crippen LogP contribution is 2.17. The van der Waals surface area contributed by atoms with E-state index in [0.717, 1.165) is 64.2 Å². The molecule has 0 heterocycles. The molecule has 0 fully saturated rings. The van der Waals surface area contributed by atoms with Gasteiger partial charge < -0.3 is 14.2 Å². The third-order valence-electron chi connectivity index (χ3n) is 13.2. The Labute approximate surface area is 411 Å². The first kappa shape index (κ1) is 63.9. The molecule has 0 aromatic heterocycles. The van der Waals surface area contributed by atoms with E-state index in [1.165, 1.54) is 218 Å². The second-order valence-corrected chi connectivity index (χ2v) is 19.9. The minimum absolute atomic E-state index is 0.0703. The molecule has 0 spiro atoms. The minimum atomic E-state index is -0.770. The quantitative estimate of drug-likeness (QED) is 0.0262. The van der Waals surface area contributed by atoms with Crippen LogP contribution in [-0.4, -0.2) is 37.2 Å². The number of ether oxygens (including phenoxy) is 3. The summed E-state index contributed by atoms with van der Waals surface area (Å²) >= 11 is 0. The highest BCUT2D eigenvalue weighted by atomic mass is 16.6. The Morgan fingerprint density at radius 2 is 0.500 bits per heavy atom. The zero-order valence-electron chi connectivity index (χ0n) is 44.5. The molecule has 0 aromatic rings. The third kappa shape index (κ3) is 52.9. The average Bonchev–Trinajstić information content (AvgIpc) is 3.31. The molecule has 1 unspecified atom stereocenters. The molecule has 388 valence electrons. The van der Waals surface area contributed by atoms with Crippen LogP contribution in [0, 0.1) is 0 Å². The average molecular weight is 930 g/mol. The summed E-state index contributed by atoms with van der Waals surface area (Å²) in [5, 5.41) is 0. The van der Waals surface area contributed by atoms with E-state index < -0.39 is 6.10 Å². The van der Waals surface area contributed by atoms with Crippen molar-refractivity contribution in [2.45, 2.75) is 329 Å². The van der Waals surface area contributed by atoms with Gasteiger partial charge in [-0.1, -0.05) is 257 Å². The summed E-state index contributed by atoms with van der Waals surface area (Å²) in [5.74, 6) is -0.863. The fourth-order valence-electron chi connectivity index (χ4n) is 8.73. The Bertz CT molecular complexity index is 1070. The highest BCUT2D eigenvalue weighted by Gasteiger charge is 2.19. The smallest absolute Gasteiger partial charge is 0.306 e. The van der Waals surface area contributed by atoms with Gasteiger partial charge in [0.15, 0.2) is 6.10 Å². The Balaban J connectivity index is 4.16. The number of carbonyl (C=O) groups is 3. The van der Waals surface area contributed by atoms with Crippen molar-refractivity contribution in [3.8, 4) is 0 Å². The molecule has 0 radical (unpaired) electrons. The van der Waals surface area contributed by atoms with Gasteiger partial charge in [0, 0.05) is 19.3 Å². The zero-order valence-corrected chi connectivity index (χ0v) is 44.5. The number of hydrogen-bond donors (Lipinski definition) is 0. The largest absolute Gasteiger partial charge is 0.462 e. The van der Waals surface area contributed by atoms with Crippen LogP contribution >= 0.6 is 0 Å². The van der Waals surface area contributed by atoms with E-state index in [0.29, 0.717) is 19.3 Å². The van der Waals surface area contributed by atoms with E-state index in [9.17, 15) is 14.4 Å². The number of carbonyl (C=O) groups excluding carboxylic acids is 3. The summed E-state index contributed by atoms with van der Waals surface area (Å²) in [7, 11) is 0. The lowest BCUT2D eigenvalue weighted by Gasteiger charge is -2.18. The molecule has 0 saturated carbocycles. The molecule has 0 amide bonds. The van der Waals surface area contributed by atoms with E-state index in [1.54, 1.807) is 0 Å². The lowest BCUT2D eigenvalue weighted by molar-refractivity contribution is -0.167. The van der Waals surface area contributed by atoms with Crippen LogP contribution < -0.4 is 0 Å². The molecule has 6 heteroatoms. The molecule has 0 aliphatic heterocycles. The van der Waals surface area contributed by atoms with E-state index in [4.69, 9.17) is 14.2 Å². The van der Waals surface area contributed by atoms with E-state index in [2.05, 4.69) is 45.1 Å². The molecule has 0 bridgehead atoms. The van der Waals surface area contributed by atoms with Crippen molar-refractivity contribution in [1.29, 1.82) is 0 Å². The number of unbranched alkanes of at least 4 members (excludes halogenated alkanes) is 39. The van der Waals surface area contributed by atoms with Crippen LogP contribution in [0.4, 0.5) is 0 Å². The highest BCUT2D eigenvalue weighted by molar-refractivity contribution is 5.71. The molecule has 6 nitrogen and oxygen atoms in total. The van der Waals surface area contributed by atoms with Crippen molar-refractivity contribution in [1.82, 2.24) is 0 Å².